The Labute approximate surface area is 129 Å². The van der Waals surface area contributed by atoms with Crippen molar-refractivity contribution in [2.75, 3.05) is 0 Å². The molecule has 0 radical (unpaired) electrons. The quantitative estimate of drug-likeness (QED) is 0.891. The Balaban J connectivity index is 2.12. The highest BCUT2D eigenvalue weighted by Gasteiger charge is 2.21. The lowest BCUT2D eigenvalue weighted by molar-refractivity contribution is -0.139. The molecule has 1 atom stereocenters. The van der Waals surface area contributed by atoms with Crippen LogP contribution in [0.15, 0.2) is 48.5 Å². The number of carbonyl (C=O) groups excluding carboxylic acids is 1. The summed E-state index contributed by atoms with van der Waals surface area (Å²) in [6.45, 7) is 3.89. The summed E-state index contributed by atoms with van der Waals surface area (Å²) in [7, 11) is 0. The predicted octanol–water partition coefficient (Wildman–Crippen LogP) is 2.73. The van der Waals surface area contributed by atoms with Crippen molar-refractivity contribution in [2.45, 2.75) is 26.3 Å². The van der Waals surface area contributed by atoms with Crippen LogP contribution < -0.4 is 5.32 Å². The summed E-state index contributed by atoms with van der Waals surface area (Å²) in [5.41, 5.74) is 3.44. The fourth-order valence-corrected chi connectivity index (χ4v) is 2.17. The van der Waals surface area contributed by atoms with E-state index in [9.17, 15) is 14.7 Å². The Morgan fingerprint density at radius 3 is 2.32 bits per heavy atom. The second kappa shape index (κ2) is 6.89. The first-order valence-corrected chi connectivity index (χ1v) is 7.12. The maximum atomic E-state index is 12.2. The molecule has 0 heterocycles. The second-order valence-electron chi connectivity index (χ2n) is 5.35. The van der Waals surface area contributed by atoms with Crippen molar-refractivity contribution in [3.63, 3.8) is 0 Å². The van der Waals surface area contributed by atoms with Crippen LogP contribution in [-0.2, 0) is 11.2 Å². The van der Waals surface area contributed by atoms with E-state index in [4.69, 9.17) is 0 Å². The first-order valence-electron chi connectivity index (χ1n) is 7.12. The number of aliphatic carboxylic acids is 1. The zero-order chi connectivity index (χ0) is 16.1. The van der Waals surface area contributed by atoms with E-state index in [1.165, 1.54) is 0 Å². The van der Waals surface area contributed by atoms with Crippen molar-refractivity contribution in [1.82, 2.24) is 5.32 Å². The molecule has 0 aliphatic carbocycles. The summed E-state index contributed by atoms with van der Waals surface area (Å²) in [6.07, 6.45) is 0.257. The van der Waals surface area contributed by atoms with Crippen LogP contribution in [0, 0.1) is 13.8 Å². The molecule has 22 heavy (non-hydrogen) atoms. The van der Waals surface area contributed by atoms with E-state index in [0.29, 0.717) is 5.56 Å². The molecule has 0 saturated heterocycles. The fraction of sp³-hybridized carbons (Fsp3) is 0.222. The lowest BCUT2D eigenvalue weighted by Crippen LogP contribution is -2.42. The third-order valence-electron chi connectivity index (χ3n) is 3.66. The Hall–Kier alpha value is -2.62. The lowest BCUT2D eigenvalue weighted by atomic mass is 10.0. The Kier molecular flexibility index (Phi) is 4.94. The minimum Gasteiger partial charge on any atom is -0.480 e. The number of hydrogen-bond donors (Lipinski definition) is 2. The van der Waals surface area contributed by atoms with Gasteiger partial charge in [0, 0.05) is 12.0 Å². The van der Waals surface area contributed by atoms with Crippen molar-refractivity contribution in [3.8, 4) is 0 Å². The summed E-state index contributed by atoms with van der Waals surface area (Å²) in [5, 5.41) is 11.9. The fourth-order valence-electron chi connectivity index (χ4n) is 2.17. The Bertz CT molecular complexity index is 680. The standard InChI is InChI=1S/C18H19NO3/c1-12-8-9-15(10-13(12)2)17(20)19-16(18(21)22)11-14-6-4-3-5-7-14/h3-10,16H,11H2,1-2H3,(H,19,20)(H,21,22)/t16-/m0/s1. The molecule has 4 heteroatoms. The smallest absolute Gasteiger partial charge is 0.326 e. The van der Waals surface area contributed by atoms with E-state index in [-0.39, 0.29) is 12.3 Å². The van der Waals surface area contributed by atoms with Gasteiger partial charge in [-0.15, -0.1) is 0 Å². The van der Waals surface area contributed by atoms with Crippen LogP contribution in [0.5, 0.6) is 0 Å². The number of carboxylic acid groups (broad SMARTS) is 1. The number of carboxylic acids is 1. The highest BCUT2D eigenvalue weighted by molar-refractivity contribution is 5.96. The van der Waals surface area contributed by atoms with Crippen molar-refractivity contribution in [2.24, 2.45) is 0 Å². The molecule has 0 bridgehead atoms. The van der Waals surface area contributed by atoms with Gasteiger partial charge in [0.15, 0.2) is 0 Å². The van der Waals surface area contributed by atoms with Gasteiger partial charge in [0.25, 0.3) is 5.91 Å². The molecule has 0 saturated carbocycles. The third-order valence-corrected chi connectivity index (χ3v) is 3.66. The zero-order valence-electron chi connectivity index (χ0n) is 12.7. The molecule has 2 aromatic carbocycles. The SMILES string of the molecule is Cc1ccc(C(=O)N[C@@H](Cc2ccccc2)C(=O)O)cc1C. The predicted molar refractivity (Wildman–Crippen MR) is 85.0 cm³/mol. The normalized spacial score (nSPS) is 11.7. The number of rotatable bonds is 5. The molecular formula is C18H19NO3. The Morgan fingerprint density at radius 2 is 1.73 bits per heavy atom. The van der Waals surface area contributed by atoms with Gasteiger partial charge in [-0.05, 0) is 42.7 Å². The average Bonchev–Trinajstić information content (AvgIpc) is 2.50. The molecule has 0 unspecified atom stereocenters. The van der Waals surface area contributed by atoms with Crippen LogP contribution in [0.2, 0.25) is 0 Å². The lowest BCUT2D eigenvalue weighted by Gasteiger charge is -2.15. The third kappa shape index (κ3) is 3.95. The van der Waals surface area contributed by atoms with Crippen LogP contribution >= 0.6 is 0 Å². The van der Waals surface area contributed by atoms with Gasteiger partial charge in [0.05, 0.1) is 0 Å². The molecule has 0 aliphatic heterocycles. The van der Waals surface area contributed by atoms with E-state index in [0.717, 1.165) is 16.7 Å². The summed E-state index contributed by atoms with van der Waals surface area (Å²) in [5.74, 6) is -1.41. The largest absolute Gasteiger partial charge is 0.480 e. The number of benzene rings is 2. The monoisotopic (exact) mass is 297 g/mol. The van der Waals surface area contributed by atoms with Gasteiger partial charge < -0.3 is 10.4 Å². The summed E-state index contributed by atoms with van der Waals surface area (Å²) >= 11 is 0. The molecule has 0 aliphatic rings. The van der Waals surface area contributed by atoms with Crippen LogP contribution in [0.1, 0.15) is 27.0 Å². The van der Waals surface area contributed by atoms with Crippen molar-refractivity contribution < 1.29 is 14.7 Å². The van der Waals surface area contributed by atoms with Gasteiger partial charge in [0.1, 0.15) is 6.04 Å². The summed E-state index contributed by atoms with van der Waals surface area (Å²) in [6, 6.07) is 13.6. The maximum Gasteiger partial charge on any atom is 0.326 e. The highest BCUT2D eigenvalue weighted by Crippen LogP contribution is 2.11. The molecule has 0 spiro atoms. The average molecular weight is 297 g/mol. The zero-order valence-corrected chi connectivity index (χ0v) is 12.7. The van der Waals surface area contributed by atoms with Crippen molar-refractivity contribution in [1.29, 1.82) is 0 Å². The maximum absolute atomic E-state index is 12.2. The van der Waals surface area contributed by atoms with Gasteiger partial charge in [-0.1, -0.05) is 36.4 Å². The number of amides is 1. The first kappa shape index (κ1) is 15.8. The minimum absolute atomic E-state index is 0.257. The van der Waals surface area contributed by atoms with Crippen LogP contribution in [0.3, 0.4) is 0 Å². The molecule has 2 rings (SSSR count). The molecule has 1 amide bonds. The summed E-state index contributed by atoms with van der Waals surface area (Å²) < 4.78 is 0. The minimum atomic E-state index is -1.04. The number of hydrogen-bond acceptors (Lipinski definition) is 2. The molecule has 0 aromatic heterocycles. The van der Waals surface area contributed by atoms with Gasteiger partial charge in [-0.2, -0.15) is 0 Å². The molecule has 2 N–H and O–H groups in total. The van der Waals surface area contributed by atoms with Gasteiger partial charge >= 0.3 is 5.97 Å². The van der Waals surface area contributed by atoms with E-state index in [2.05, 4.69) is 5.32 Å². The Morgan fingerprint density at radius 1 is 1.05 bits per heavy atom. The van der Waals surface area contributed by atoms with Crippen LogP contribution in [0.4, 0.5) is 0 Å². The van der Waals surface area contributed by atoms with Crippen molar-refractivity contribution in [3.05, 3.63) is 70.8 Å². The molecular weight excluding hydrogens is 278 g/mol. The van der Waals surface area contributed by atoms with Crippen molar-refractivity contribution >= 4 is 11.9 Å². The van der Waals surface area contributed by atoms with Gasteiger partial charge in [0.2, 0.25) is 0 Å². The van der Waals surface area contributed by atoms with E-state index in [1.54, 1.807) is 12.1 Å². The number of carbonyl (C=O) groups is 2. The first-order chi connectivity index (χ1) is 10.5. The second-order valence-corrected chi connectivity index (χ2v) is 5.35. The van der Waals surface area contributed by atoms with Gasteiger partial charge in [-0.3, -0.25) is 4.79 Å². The van der Waals surface area contributed by atoms with Crippen LogP contribution in [-0.4, -0.2) is 23.0 Å². The van der Waals surface area contributed by atoms with E-state index >= 15 is 0 Å². The molecule has 0 fully saturated rings. The van der Waals surface area contributed by atoms with Gasteiger partial charge in [-0.25, -0.2) is 4.79 Å². The van der Waals surface area contributed by atoms with Crippen LogP contribution in [0.25, 0.3) is 0 Å². The van der Waals surface area contributed by atoms with E-state index < -0.39 is 12.0 Å². The number of nitrogens with one attached hydrogen (secondary N) is 1. The molecule has 2 aromatic rings. The molecule has 114 valence electrons. The summed E-state index contributed by atoms with van der Waals surface area (Å²) in [4.78, 5) is 23.6. The topological polar surface area (TPSA) is 66.4 Å². The van der Waals surface area contributed by atoms with E-state index in [1.807, 2.05) is 50.2 Å². The highest BCUT2D eigenvalue weighted by atomic mass is 16.4. The number of aryl methyl sites for hydroxylation is 2. The molecule has 4 nitrogen and oxygen atoms in total.